The van der Waals surface area contributed by atoms with Crippen molar-refractivity contribution in [3.05, 3.63) is 257 Å². The molecule has 676 valence electrons. The Balaban J connectivity index is 0.000000203. The van der Waals surface area contributed by atoms with Crippen molar-refractivity contribution < 1.29 is 162 Å². The number of alkyl halides is 8. The van der Waals surface area contributed by atoms with E-state index in [0.717, 1.165) is 91.9 Å². The van der Waals surface area contributed by atoms with Crippen LogP contribution in [0, 0.1) is 144 Å². The molecule has 0 aromatic heterocycles. The summed E-state index contributed by atoms with van der Waals surface area (Å²) in [6.45, 7) is 15.0. The summed E-state index contributed by atoms with van der Waals surface area (Å²) in [5.41, 5.74) is -8.77. The van der Waals surface area contributed by atoms with Gasteiger partial charge >= 0.3 is 24.4 Å². The molecule has 36 heteroatoms. The summed E-state index contributed by atoms with van der Waals surface area (Å²) in [5.74, 6) is -25.0. The zero-order valence-electron chi connectivity index (χ0n) is 66.6. The van der Waals surface area contributed by atoms with Crippen molar-refractivity contribution in [3.63, 3.8) is 0 Å². The second-order valence-corrected chi connectivity index (χ2v) is 29.3. The third-order valence-electron chi connectivity index (χ3n) is 19.8. The van der Waals surface area contributed by atoms with Crippen LogP contribution < -0.4 is 18.9 Å². The minimum absolute atomic E-state index is 0. The predicted molar refractivity (Wildman–Crippen MR) is 396 cm³/mol. The molecule has 8 aromatic rings. The van der Waals surface area contributed by atoms with E-state index in [0.29, 0.717) is 150 Å². The van der Waals surface area contributed by atoms with Gasteiger partial charge in [0, 0.05) is 117 Å². The summed E-state index contributed by atoms with van der Waals surface area (Å²) in [7, 11) is 0. The number of rotatable bonds is 26. The molecule has 12 rings (SSSR count). The highest BCUT2D eigenvalue weighted by molar-refractivity contribution is 5.39. The minimum Gasteiger partial charge on any atom is -0.429 e. The molecule has 123 heavy (non-hydrogen) atoms. The van der Waals surface area contributed by atoms with E-state index in [1.165, 1.54) is 0 Å². The molecule has 4 aliphatic rings. The van der Waals surface area contributed by atoms with Crippen LogP contribution in [0.2, 0.25) is 0 Å². The van der Waals surface area contributed by atoms with E-state index in [-0.39, 0.29) is 53.4 Å². The molecule has 4 heterocycles. The Morgan fingerprint density at radius 1 is 0.252 bits per heavy atom. The maximum atomic E-state index is 14.5. The molecule has 0 radical (unpaired) electrons. The van der Waals surface area contributed by atoms with Gasteiger partial charge in [0.1, 0.15) is 138 Å². The quantitative estimate of drug-likeness (QED) is 0.0380. The highest BCUT2D eigenvalue weighted by atomic mass is 19.3. The van der Waals surface area contributed by atoms with E-state index < -0.39 is 210 Å². The molecule has 0 N–H and O–H groups in total. The van der Waals surface area contributed by atoms with E-state index in [1.54, 1.807) is 0 Å². The van der Waals surface area contributed by atoms with Gasteiger partial charge in [-0.05, 0) is 102 Å². The summed E-state index contributed by atoms with van der Waals surface area (Å²) in [5, 5.41) is 0. The highest BCUT2D eigenvalue weighted by Crippen LogP contribution is 2.45. The third kappa shape index (κ3) is 25.6. The molecule has 0 aliphatic carbocycles. The maximum absolute atomic E-state index is 14.5. The number of ether oxygens (including phenoxy) is 12. The van der Waals surface area contributed by atoms with Crippen molar-refractivity contribution in [2.24, 2.45) is 23.7 Å². The lowest BCUT2D eigenvalue weighted by Crippen LogP contribution is -2.28. The lowest BCUT2D eigenvalue weighted by molar-refractivity contribution is -0.206. The lowest BCUT2D eigenvalue weighted by atomic mass is 10.0. The van der Waals surface area contributed by atoms with Crippen LogP contribution >= 0.6 is 0 Å². The first-order valence-corrected chi connectivity index (χ1v) is 38.5. The van der Waals surface area contributed by atoms with E-state index in [1.807, 2.05) is 20.8 Å². The number of halogens is 24. The van der Waals surface area contributed by atoms with Crippen LogP contribution in [0.3, 0.4) is 0 Å². The van der Waals surface area contributed by atoms with Gasteiger partial charge in [-0.2, -0.15) is 35.1 Å². The van der Waals surface area contributed by atoms with Gasteiger partial charge in [-0.1, -0.05) is 73.6 Å². The van der Waals surface area contributed by atoms with Crippen LogP contribution in [0.25, 0.3) is 0 Å². The van der Waals surface area contributed by atoms with Crippen molar-refractivity contribution in [2.75, 3.05) is 52.9 Å². The predicted octanol–water partition coefficient (Wildman–Crippen LogP) is 26.0. The number of hydrogen-bond donors (Lipinski definition) is 0. The minimum atomic E-state index is -4.53. The van der Waals surface area contributed by atoms with Crippen LogP contribution in [-0.4, -0.2) is 52.9 Å². The van der Waals surface area contributed by atoms with Gasteiger partial charge in [0.05, 0.1) is 52.9 Å². The third-order valence-corrected chi connectivity index (χ3v) is 19.8. The molecule has 8 aromatic carbocycles. The van der Waals surface area contributed by atoms with E-state index in [2.05, 4.69) is 25.9 Å². The summed E-state index contributed by atoms with van der Waals surface area (Å²) in [4.78, 5) is 0. The molecule has 4 aliphatic heterocycles. The van der Waals surface area contributed by atoms with Crippen LogP contribution in [0.1, 0.15) is 191 Å². The first-order valence-electron chi connectivity index (χ1n) is 38.5. The summed E-state index contributed by atoms with van der Waals surface area (Å²) in [6, 6.07) is 9.39. The first-order chi connectivity index (χ1) is 57.5. The van der Waals surface area contributed by atoms with Crippen molar-refractivity contribution in [1.82, 2.24) is 0 Å². The molecular weight excluding hydrogens is 1690 g/mol. The van der Waals surface area contributed by atoms with Gasteiger partial charge < -0.3 is 56.8 Å². The van der Waals surface area contributed by atoms with Crippen molar-refractivity contribution in [3.8, 4) is 23.0 Å². The van der Waals surface area contributed by atoms with Gasteiger partial charge in [-0.25, -0.2) is 70.2 Å². The Hall–Kier alpha value is -9.04. The van der Waals surface area contributed by atoms with Crippen LogP contribution in [0.4, 0.5) is 105 Å². The fourth-order valence-corrected chi connectivity index (χ4v) is 12.8. The largest absolute Gasteiger partial charge is 0.432 e. The van der Waals surface area contributed by atoms with Gasteiger partial charge in [-0.3, -0.25) is 0 Å². The molecule has 0 spiro atoms. The maximum Gasteiger partial charge on any atom is 0.432 e. The average Bonchev–Trinajstić information content (AvgIpc) is 0.790. The van der Waals surface area contributed by atoms with Crippen LogP contribution in [0.15, 0.2) is 97.1 Å². The smallest absolute Gasteiger partial charge is 0.429 e. The second-order valence-electron chi connectivity index (χ2n) is 29.3. The number of benzene rings is 8. The van der Waals surface area contributed by atoms with E-state index in [4.69, 9.17) is 37.9 Å². The van der Waals surface area contributed by atoms with Gasteiger partial charge in [-0.15, -0.1) is 0 Å². The Bertz CT molecular complexity index is 4690. The van der Waals surface area contributed by atoms with E-state index in [9.17, 15) is 105 Å². The molecule has 4 fully saturated rings. The molecule has 0 amide bonds. The molecule has 0 unspecified atom stereocenters. The standard InChI is InChI=1S/C23H24F6O3.C22H22F6O3.C21H20F6O3.C20H18F6O3.CH4/c1-3-4-5-6-14-11-30-22(31-12-14)15-7-19(26)21(20(27)8-15)23(28,29)32-16-9-17(24)13(2)18(25)10-16;1-3-4-5-13-10-29-21(30-11-13)14-6-18(25)20(19(26)7-14)22(27,28)31-15-8-16(23)12(2)17(24)9-15;1-3-4-12-9-28-20(29-10-12)13-5-17(24)19(18(25)6-13)21(26,27)30-14-7-15(22)11(2)16(23)8-14;1-3-11-8-27-19(28-9-11)12-4-16(23)18(17(24)5-12)20(25,26)29-13-6-14(21)10(2)15(22)7-13;/h7-10,14,22H,3-6,11-12H2,1-2H3;6-9,13,21H,3-5,10-11H2,1-2H3;5-8,12,20H,3-4,9-10H2,1-2H3;4-7,11,19H,3,8-9H2,1-2H3;1H4. The second kappa shape index (κ2) is 43.2. The zero-order valence-corrected chi connectivity index (χ0v) is 66.6. The zero-order chi connectivity index (χ0) is 89.6. The summed E-state index contributed by atoms with van der Waals surface area (Å²) in [6.07, 6.45) is -13.0. The first kappa shape index (κ1) is 99.4. The van der Waals surface area contributed by atoms with Crippen molar-refractivity contribution in [1.29, 1.82) is 0 Å². The van der Waals surface area contributed by atoms with Gasteiger partial charge in [0.25, 0.3) is 0 Å². The fourth-order valence-electron chi connectivity index (χ4n) is 12.8. The summed E-state index contributed by atoms with van der Waals surface area (Å²) >= 11 is 0. The van der Waals surface area contributed by atoms with E-state index >= 15 is 0 Å². The van der Waals surface area contributed by atoms with Crippen molar-refractivity contribution >= 4 is 0 Å². The molecular formula is C87H88F24O12. The molecule has 0 atom stereocenters. The monoisotopic (exact) mass is 1780 g/mol. The number of unbranched alkanes of at least 4 members (excludes halogenated alkanes) is 3. The van der Waals surface area contributed by atoms with Crippen molar-refractivity contribution in [2.45, 2.75) is 177 Å². The van der Waals surface area contributed by atoms with Crippen LogP contribution in [0.5, 0.6) is 23.0 Å². The lowest BCUT2D eigenvalue weighted by Gasteiger charge is -2.30. The number of hydrogen-bond acceptors (Lipinski definition) is 12. The highest BCUT2D eigenvalue weighted by Gasteiger charge is 2.47. The fraction of sp³-hybridized carbons (Fsp3) is 0.448. The Morgan fingerprint density at radius 2 is 0.439 bits per heavy atom. The molecule has 12 nitrogen and oxygen atoms in total. The van der Waals surface area contributed by atoms with Gasteiger partial charge in [0.2, 0.25) is 0 Å². The Morgan fingerprint density at radius 3 is 0.626 bits per heavy atom. The topological polar surface area (TPSA) is 111 Å². The SMILES string of the molecule is C.CCC1COC(c2cc(F)c(C(F)(F)Oc3cc(F)c(C)c(F)c3)c(F)c2)OC1.CCCC1COC(c2cc(F)c(C(F)(F)Oc3cc(F)c(C)c(F)c3)c(F)c2)OC1.CCCCC1COC(c2cc(F)c(C(F)(F)Oc3cc(F)c(C)c(F)c3)c(F)c2)OC1.CCCCCC1COC(c2cc(F)c(C(F)(F)Oc3cc(F)c(C)c(F)c3)c(F)c2)OC1. The van der Waals surface area contributed by atoms with Gasteiger partial charge in [0.15, 0.2) is 25.2 Å². The average molecular weight is 1780 g/mol. The molecule has 0 saturated carbocycles. The van der Waals surface area contributed by atoms with Crippen LogP contribution in [-0.2, 0) is 62.3 Å². The summed E-state index contributed by atoms with van der Waals surface area (Å²) < 4.78 is 400. The molecule has 0 bridgehead atoms. The normalized spacial score (nSPS) is 19.4. The Kier molecular flexibility index (Phi) is 34.9. The molecule has 4 saturated heterocycles. The Labute approximate surface area is 692 Å².